The number of carbonyl (C=O) groups excluding carboxylic acids is 1. The summed E-state index contributed by atoms with van der Waals surface area (Å²) < 4.78 is 9.09. The first-order chi connectivity index (χ1) is 11.3. The molecule has 3 heterocycles. The molecule has 4 nitrogen and oxygen atoms in total. The smallest absolute Gasteiger partial charge is 0.411 e. The first-order valence-corrected chi connectivity index (χ1v) is 9.34. The average molecular weight is 391 g/mol. The van der Waals surface area contributed by atoms with Crippen molar-refractivity contribution in [2.75, 3.05) is 0 Å². The summed E-state index contributed by atoms with van der Waals surface area (Å²) >= 11 is 3.68. The summed E-state index contributed by atoms with van der Waals surface area (Å²) in [6, 6.07) is 6.71. The Morgan fingerprint density at radius 1 is 1.29 bits per heavy atom. The molecule has 24 heavy (non-hydrogen) atoms. The summed E-state index contributed by atoms with van der Waals surface area (Å²) in [4.78, 5) is 14.8. The number of fused-ring (bicyclic) bond motifs is 6. The molecule has 1 saturated heterocycles. The molecule has 1 aromatic carbocycles. The van der Waals surface area contributed by atoms with Gasteiger partial charge in [-0.3, -0.25) is 4.90 Å². The number of rotatable bonds is 0. The molecule has 0 N–H and O–H groups in total. The number of carbonyl (C=O) groups is 1. The minimum atomic E-state index is -0.460. The van der Waals surface area contributed by atoms with Gasteiger partial charge in [0.15, 0.2) is 0 Å². The van der Waals surface area contributed by atoms with E-state index in [4.69, 9.17) is 4.74 Å². The van der Waals surface area contributed by atoms with E-state index in [1.54, 1.807) is 0 Å². The first kappa shape index (κ1) is 16.0. The number of halogens is 1. The molecule has 0 aliphatic carbocycles. The highest BCUT2D eigenvalue weighted by atomic mass is 79.9. The molecule has 0 saturated carbocycles. The molecule has 2 aliphatic rings. The number of hydrogen-bond donors (Lipinski definition) is 0. The summed E-state index contributed by atoms with van der Waals surface area (Å²) in [7, 11) is 2.13. The lowest BCUT2D eigenvalue weighted by molar-refractivity contribution is 0.0124. The number of aryl methyl sites for hydroxylation is 1. The molecule has 4 rings (SSSR count). The Bertz CT molecular complexity index is 834. The van der Waals surface area contributed by atoms with E-state index in [0.717, 1.165) is 23.7 Å². The first-order valence-electron chi connectivity index (χ1n) is 8.55. The maximum absolute atomic E-state index is 12.8. The molecule has 2 bridgehead atoms. The van der Waals surface area contributed by atoms with E-state index < -0.39 is 5.60 Å². The predicted octanol–water partition coefficient (Wildman–Crippen LogP) is 4.94. The fourth-order valence-corrected chi connectivity index (χ4v) is 4.98. The zero-order valence-electron chi connectivity index (χ0n) is 14.6. The Morgan fingerprint density at radius 2 is 2.04 bits per heavy atom. The van der Waals surface area contributed by atoms with Crippen LogP contribution < -0.4 is 0 Å². The highest BCUT2D eigenvalue weighted by Crippen LogP contribution is 2.48. The second-order valence-corrected chi connectivity index (χ2v) is 8.75. The van der Waals surface area contributed by atoms with Gasteiger partial charge in [-0.1, -0.05) is 12.1 Å². The number of benzene rings is 1. The summed E-state index contributed by atoms with van der Waals surface area (Å²) in [5.74, 6) is 0. The Morgan fingerprint density at radius 3 is 2.75 bits per heavy atom. The molecular weight excluding hydrogens is 368 g/mol. The molecule has 2 unspecified atom stereocenters. The van der Waals surface area contributed by atoms with Crippen LogP contribution in [0.1, 0.15) is 50.9 Å². The maximum atomic E-state index is 12.8. The Hall–Kier alpha value is -1.49. The number of para-hydroxylation sites is 1. The highest BCUT2D eigenvalue weighted by Gasteiger charge is 2.46. The molecule has 0 spiro atoms. The molecule has 5 heteroatoms. The van der Waals surface area contributed by atoms with Gasteiger partial charge in [0.1, 0.15) is 5.60 Å². The fourth-order valence-electron chi connectivity index (χ4n) is 4.34. The molecule has 2 aliphatic heterocycles. The minimum absolute atomic E-state index is 0.131. The predicted molar refractivity (Wildman–Crippen MR) is 98.2 cm³/mol. The van der Waals surface area contributed by atoms with E-state index in [0.29, 0.717) is 0 Å². The van der Waals surface area contributed by atoms with Gasteiger partial charge < -0.3 is 9.30 Å². The number of amides is 1. The van der Waals surface area contributed by atoms with Crippen LogP contribution >= 0.6 is 15.9 Å². The summed E-state index contributed by atoms with van der Waals surface area (Å²) in [5.41, 5.74) is 3.44. The molecule has 1 fully saturated rings. The molecule has 2 atom stereocenters. The average Bonchev–Trinajstić information content (AvgIpc) is 2.94. The van der Waals surface area contributed by atoms with Gasteiger partial charge in [-0.15, -0.1) is 0 Å². The van der Waals surface area contributed by atoms with Gasteiger partial charge in [0.05, 0.1) is 11.6 Å². The van der Waals surface area contributed by atoms with Crippen LogP contribution in [0.25, 0.3) is 10.9 Å². The third-order valence-electron chi connectivity index (χ3n) is 5.20. The van der Waals surface area contributed by atoms with Crippen LogP contribution in [-0.4, -0.2) is 27.2 Å². The monoisotopic (exact) mass is 390 g/mol. The molecular formula is C19H23BrN2O2. The number of ether oxygens (including phenoxy) is 1. The van der Waals surface area contributed by atoms with Crippen molar-refractivity contribution in [1.82, 2.24) is 9.47 Å². The van der Waals surface area contributed by atoms with Crippen LogP contribution in [0.3, 0.4) is 0 Å². The number of aromatic nitrogens is 1. The van der Waals surface area contributed by atoms with E-state index in [1.807, 2.05) is 25.7 Å². The normalized spacial score (nSPS) is 22.8. The van der Waals surface area contributed by atoms with Gasteiger partial charge in [0.25, 0.3) is 0 Å². The van der Waals surface area contributed by atoms with Crippen molar-refractivity contribution < 1.29 is 9.53 Å². The van der Waals surface area contributed by atoms with Crippen molar-refractivity contribution in [3.63, 3.8) is 0 Å². The molecule has 0 radical (unpaired) electrons. The molecule has 1 aromatic heterocycles. The van der Waals surface area contributed by atoms with Crippen LogP contribution in [0.15, 0.2) is 22.7 Å². The van der Waals surface area contributed by atoms with Gasteiger partial charge >= 0.3 is 6.09 Å². The summed E-state index contributed by atoms with van der Waals surface area (Å²) in [5, 5.41) is 1.25. The second kappa shape index (κ2) is 5.25. The van der Waals surface area contributed by atoms with E-state index in [2.05, 4.69) is 45.7 Å². The molecule has 2 aromatic rings. The highest BCUT2D eigenvalue weighted by molar-refractivity contribution is 9.10. The zero-order valence-corrected chi connectivity index (χ0v) is 16.2. The fraction of sp³-hybridized carbons (Fsp3) is 0.526. The van der Waals surface area contributed by atoms with Crippen LogP contribution in [0.4, 0.5) is 4.79 Å². The third kappa shape index (κ3) is 2.28. The second-order valence-electron chi connectivity index (χ2n) is 7.89. The lowest BCUT2D eigenvalue weighted by Gasteiger charge is -2.36. The van der Waals surface area contributed by atoms with Crippen LogP contribution in [0.5, 0.6) is 0 Å². The van der Waals surface area contributed by atoms with Crippen molar-refractivity contribution in [2.45, 2.75) is 57.7 Å². The number of nitrogens with zero attached hydrogens (tertiary/aromatic N) is 2. The largest absolute Gasteiger partial charge is 0.444 e. The van der Waals surface area contributed by atoms with Crippen LogP contribution in [0.2, 0.25) is 0 Å². The van der Waals surface area contributed by atoms with Crippen LogP contribution in [0, 0.1) is 0 Å². The Labute approximate surface area is 150 Å². The summed E-state index contributed by atoms with van der Waals surface area (Å²) in [6.07, 6.45) is 2.80. The SMILES string of the molecule is Cn1c2c(c3cccc(Br)c31)C1CCC(C2)N1C(=O)OC(C)(C)C. The lowest BCUT2D eigenvalue weighted by atomic mass is 9.97. The van der Waals surface area contributed by atoms with E-state index in [-0.39, 0.29) is 18.2 Å². The van der Waals surface area contributed by atoms with Crippen molar-refractivity contribution in [3.8, 4) is 0 Å². The van der Waals surface area contributed by atoms with E-state index in [9.17, 15) is 4.79 Å². The molecule has 128 valence electrons. The lowest BCUT2D eigenvalue weighted by Crippen LogP contribution is -2.44. The van der Waals surface area contributed by atoms with Crippen LogP contribution in [-0.2, 0) is 18.2 Å². The quantitative estimate of drug-likeness (QED) is 0.638. The zero-order chi connectivity index (χ0) is 17.2. The van der Waals surface area contributed by atoms with E-state index >= 15 is 0 Å². The topological polar surface area (TPSA) is 34.5 Å². The summed E-state index contributed by atoms with van der Waals surface area (Å²) in [6.45, 7) is 5.78. The Balaban J connectivity index is 1.82. The standard InChI is InChI=1S/C19H23BrN2O2/c1-19(2,3)24-18(23)22-11-8-9-14(22)16-12-6-5-7-13(20)17(12)21(4)15(16)10-11/h5-7,11,14H,8-10H2,1-4H3. The van der Waals surface area contributed by atoms with Crippen molar-refractivity contribution in [3.05, 3.63) is 33.9 Å². The molecule has 1 amide bonds. The van der Waals surface area contributed by atoms with E-state index in [1.165, 1.54) is 22.2 Å². The van der Waals surface area contributed by atoms with Gasteiger partial charge in [0, 0.05) is 40.6 Å². The van der Waals surface area contributed by atoms with Gasteiger partial charge in [-0.05, 0) is 55.6 Å². The minimum Gasteiger partial charge on any atom is -0.444 e. The number of hydrogen-bond acceptors (Lipinski definition) is 2. The van der Waals surface area contributed by atoms with Crippen molar-refractivity contribution in [1.29, 1.82) is 0 Å². The Kier molecular flexibility index (Phi) is 3.50. The maximum Gasteiger partial charge on any atom is 0.411 e. The van der Waals surface area contributed by atoms with Gasteiger partial charge in [-0.2, -0.15) is 0 Å². The van der Waals surface area contributed by atoms with Crippen molar-refractivity contribution >= 4 is 32.9 Å². The van der Waals surface area contributed by atoms with Crippen molar-refractivity contribution in [2.24, 2.45) is 7.05 Å². The van der Waals surface area contributed by atoms with Gasteiger partial charge in [0.2, 0.25) is 0 Å². The van der Waals surface area contributed by atoms with Gasteiger partial charge in [-0.25, -0.2) is 4.79 Å². The third-order valence-corrected chi connectivity index (χ3v) is 5.84.